The number of nitrogens with zero attached hydrogens (tertiary/aromatic N) is 1. The fourth-order valence-electron chi connectivity index (χ4n) is 3.25. The number of cyclic esters (lactones) is 1. The van der Waals surface area contributed by atoms with Gasteiger partial charge in [-0.05, 0) is 30.9 Å². The minimum atomic E-state index is -0.233. The summed E-state index contributed by atoms with van der Waals surface area (Å²) >= 11 is 0. The monoisotopic (exact) mass is 321 g/mol. The number of hydrogen-bond donors (Lipinski definition) is 0. The van der Waals surface area contributed by atoms with Crippen molar-refractivity contribution in [3.63, 3.8) is 0 Å². The van der Waals surface area contributed by atoms with E-state index in [0.29, 0.717) is 13.0 Å². The molecule has 3 heteroatoms. The Kier molecular flexibility index (Phi) is 4.99. The SMILES string of the molecule is C=CC[C@@H](c1ccc(C)cc1)N1C(=O)OC[C@@H]1Cc1ccccc1. The normalized spacial score (nSPS) is 18.3. The molecule has 0 aromatic heterocycles. The zero-order chi connectivity index (χ0) is 16.9. The number of carbonyl (C=O) groups is 1. The summed E-state index contributed by atoms with van der Waals surface area (Å²) in [6.07, 6.45) is 3.15. The van der Waals surface area contributed by atoms with Crippen LogP contribution in [0.5, 0.6) is 0 Å². The molecule has 0 radical (unpaired) electrons. The molecule has 2 atom stereocenters. The highest BCUT2D eigenvalue weighted by molar-refractivity contribution is 5.71. The second-order valence-corrected chi connectivity index (χ2v) is 6.28. The van der Waals surface area contributed by atoms with Gasteiger partial charge in [-0.2, -0.15) is 0 Å². The van der Waals surface area contributed by atoms with Crippen molar-refractivity contribution >= 4 is 6.09 Å². The smallest absolute Gasteiger partial charge is 0.410 e. The van der Waals surface area contributed by atoms with E-state index in [4.69, 9.17) is 4.74 Å². The first-order valence-corrected chi connectivity index (χ1v) is 8.35. The van der Waals surface area contributed by atoms with E-state index in [-0.39, 0.29) is 18.2 Å². The van der Waals surface area contributed by atoms with Crippen LogP contribution in [-0.2, 0) is 11.2 Å². The number of rotatable bonds is 6. The van der Waals surface area contributed by atoms with Gasteiger partial charge in [0.15, 0.2) is 0 Å². The Morgan fingerprint density at radius 3 is 2.58 bits per heavy atom. The lowest BCUT2D eigenvalue weighted by Crippen LogP contribution is -2.38. The summed E-state index contributed by atoms with van der Waals surface area (Å²) in [6.45, 7) is 6.37. The molecule has 0 spiro atoms. The van der Waals surface area contributed by atoms with Crippen LogP contribution in [0.15, 0.2) is 67.3 Å². The minimum Gasteiger partial charge on any atom is -0.447 e. The first-order chi connectivity index (χ1) is 11.7. The van der Waals surface area contributed by atoms with Gasteiger partial charge >= 0.3 is 6.09 Å². The van der Waals surface area contributed by atoms with Crippen LogP contribution in [0.3, 0.4) is 0 Å². The molecule has 1 aliphatic rings. The molecule has 1 fully saturated rings. The van der Waals surface area contributed by atoms with E-state index in [1.165, 1.54) is 11.1 Å². The Morgan fingerprint density at radius 1 is 1.21 bits per heavy atom. The molecule has 0 saturated carbocycles. The molecule has 1 saturated heterocycles. The van der Waals surface area contributed by atoms with Crippen LogP contribution in [0.4, 0.5) is 4.79 Å². The Hall–Kier alpha value is -2.55. The average molecular weight is 321 g/mol. The highest BCUT2D eigenvalue weighted by Gasteiger charge is 2.38. The maximum absolute atomic E-state index is 12.4. The standard InChI is InChI=1S/C21H23NO2/c1-3-7-20(18-12-10-16(2)11-13-18)22-19(15-24-21(22)23)14-17-8-5-4-6-9-17/h3-6,8-13,19-20H,1,7,14-15H2,2H3/t19-,20-/m0/s1. The number of hydrogen-bond acceptors (Lipinski definition) is 2. The number of ether oxygens (including phenoxy) is 1. The molecule has 0 aliphatic carbocycles. The Morgan fingerprint density at radius 2 is 1.92 bits per heavy atom. The molecule has 1 heterocycles. The van der Waals surface area contributed by atoms with Crippen molar-refractivity contribution in [2.24, 2.45) is 0 Å². The molecular weight excluding hydrogens is 298 g/mol. The first kappa shape index (κ1) is 16.3. The first-order valence-electron chi connectivity index (χ1n) is 8.35. The van der Waals surface area contributed by atoms with Crippen LogP contribution in [0.1, 0.15) is 29.2 Å². The summed E-state index contributed by atoms with van der Waals surface area (Å²) in [7, 11) is 0. The molecular formula is C21H23NO2. The summed E-state index contributed by atoms with van der Waals surface area (Å²) in [5.74, 6) is 0. The maximum Gasteiger partial charge on any atom is 0.410 e. The van der Waals surface area contributed by atoms with Crippen LogP contribution in [0.25, 0.3) is 0 Å². The van der Waals surface area contributed by atoms with E-state index in [9.17, 15) is 4.79 Å². The molecule has 3 rings (SSSR count). The van der Waals surface area contributed by atoms with Crippen LogP contribution in [-0.4, -0.2) is 23.6 Å². The van der Waals surface area contributed by atoms with Crippen molar-refractivity contribution < 1.29 is 9.53 Å². The lowest BCUT2D eigenvalue weighted by atomic mass is 9.97. The predicted octanol–water partition coefficient (Wildman–Crippen LogP) is 4.68. The van der Waals surface area contributed by atoms with E-state index in [1.807, 2.05) is 29.2 Å². The van der Waals surface area contributed by atoms with Crippen molar-refractivity contribution in [3.05, 3.63) is 83.9 Å². The zero-order valence-corrected chi connectivity index (χ0v) is 14.0. The van der Waals surface area contributed by atoms with Crippen molar-refractivity contribution in [1.82, 2.24) is 4.90 Å². The van der Waals surface area contributed by atoms with Crippen LogP contribution >= 0.6 is 0 Å². The topological polar surface area (TPSA) is 29.5 Å². The van der Waals surface area contributed by atoms with E-state index >= 15 is 0 Å². The third kappa shape index (κ3) is 3.51. The minimum absolute atomic E-state index is 0.0354. The molecule has 0 N–H and O–H groups in total. The van der Waals surface area contributed by atoms with E-state index in [2.05, 4.69) is 49.9 Å². The van der Waals surface area contributed by atoms with Crippen LogP contribution in [0.2, 0.25) is 0 Å². The van der Waals surface area contributed by atoms with Gasteiger partial charge in [-0.1, -0.05) is 66.2 Å². The number of carbonyl (C=O) groups excluding carboxylic acids is 1. The van der Waals surface area contributed by atoms with Gasteiger partial charge in [-0.15, -0.1) is 6.58 Å². The summed E-state index contributed by atoms with van der Waals surface area (Å²) in [5, 5.41) is 0. The van der Waals surface area contributed by atoms with E-state index in [0.717, 1.165) is 12.0 Å². The van der Waals surface area contributed by atoms with Crippen molar-refractivity contribution in [3.8, 4) is 0 Å². The molecule has 0 unspecified atom stereocenters. The van der Waals surface area contributed by atoms with Gasteiger partial charge in [-0.3, -0.25) is 4.90 Å². The number of benzene rings is 2. The molecule has 0 bridgehead atoms. The van der Waals surface area contributed by atoms with Gasteiger partial charge in [0.05, 0.1) is 12.1 Å². The molecule has 1 aliphatic heterocycles. The van der Waals surface area contributed by atoms with Crippen molar-refractivity contribution in [2.45, 2.75) is 31.8 Å². The molecule has 1 amide bonds. The van der Waals surface area contributed by atoms with Gasteiger partial charge in [0, 0.05) is 0 Å². The largest absolute Gasteiger partial charge is 0.447 e. The maximum atomic E-state index is 12.4. The molecule has 24 heavy (non-hydrogen) atoms. The van der Waals surface area contributed by atoms with Crippen LogP contribution in [0, 0.1) is 6.92 Å². The third-order valence-electron chi connectivity index (χ3n) is 4.51. The Balaban J connectivity index is 1.87. The summed E-state index contributed by atoms with van der Waals surface area (Å²) in [5.41, 5.74) is 3.55. The summed E-state index contributed by atoms with van der Waals surface area (Å²) in [6, 6.07) is 18.6. The van der Waals surface area contributed by atoms with Gasteiger partial charge < -0.3 is 4.74 Å². The third-order valence-corrected chi connectivity index (χ3v) is 4.51. The lowest BCUT2D eigenvalue weighted by Gasteiger charge is -2.30. The van der Waals surface area contributed by atoms with Gasteiger partial charge in [-0.25, -0.2) is 4.79 Å². The molecule has 3 nitrogen and oxygen atoms in total. The van der Waals surface area contributed by atoms with E-state index < -0.39 is 0 Å². The van der Waals surface area contributed by atoms with E-state index in [1.54, 1.807) is 0 Å². The Bertz CT molecular complexity index is 694. The fourth-order valence-corrected chi connectivity index (χ4v) is 3.25. The van der Waals surface area contributed by atoms with Crippen molar-refractivity contribution in [2.75, 3.05) is 6.61 Å². The van der Waals surface area contributed by atoms with Crippen molar-refractivity contribution in [1.29, 1.82) is 0 Å². The second-order valence-electron chi connectivity index (χ2n) is 6.28. The van der Waals surface area contributed by atoms with Gasteiger partial charge in [0.1, 0.15) is 6.61 Å². The summed E-state index contributed by atoms with van der Waals surface area (Å²) in [4.78, 5) is 14.3. The molecule has 124 valence electrons. The van der Waals surface area contributed by atoms with Crippen LogP contribution < -0.4 is 0 Å². The van der Waals surface area contributed by atoms with Gasteiger partial charge in [0.25, 0.3) is 0 Å². The number of amides is 1. The zero-order valence-electron chi connectivity index (χ0n) is 14.0. The average Bonchev–Trinajstić information content (AvgIpc) is 2.95. The number of aryl methyl sites for hydroxylation is 1. The molecule has 2 aromatic rings. The fraction of sp³-hybridized carbons (Fsp3) is 0.286. The Labute approximate surface area is 143 Å². The van der Waals surface area contributed by atoms with Gasteiger partial charge in [0.2, 0.25) is 0 Å². The predicted molar refractivity (Wildman–Crippen MR) is 95.9 cm³/mol. The second kappa shape index (κ2) is 7.35. The quantitative estimate of drug-likeness (QED) is 0.723. The highest BCUT2D eigenvalue weighted by Crippen LogP contribution is 2.32. The summed E-state index contributed by atoms with van der Waals surface area (Å²) < 4.78 is 5.38. The lowest BCUT2D eigenvalue weighted by molar-refractivity contribution is 0.144. The molecule has 2 aromatic carbocycles. The highest BCUT2D eigenvalue weighted by atomic mass is 16.6.